The monoisotopic (exact) mass is 605 g/mol. The fraction of sp³-hybridized carbons (Fsp3) is 0.133. The molecule has 216 valence electrons. The predicted molar refractivity (Wildman–Crippen MR) is 164 cm³/mol. The van der Waals surface area contributed by atoms with E-state index in [1.54, 1.807) is 66.3 Å². The molecule has 0 radical (unpaired) electrons. The number of aromatic nitrogens is 2. The van der Waals surface area contributed by atoms with Gasteiger partial charge in [0.25, 0.3) is 10.0 Å². The van der Waals surface area contributed by atoms with Gasteiger partial charge in [0, 0.05) is 47.8 Å². The van der Waals surface area contributed by atoms with Crippen molar-refractivity contribution in [1.82, 2.24) is 9.55 Å². The standard InChI is InChI=1S/C30H27N5O5S.ClH/c1-34-17-24(26(36)14-9-19-7-10-21(11-8-19)30(31)32)23-13-12-22(16-25(23)34)35(18-28(37)38)41(39,40)27-6-2-4-20-5-3-15-33-29(20)27;/h2-8,10-13,15-17H,9,14,18H2,1H3,(H3,31,32)(H,37,38);1H. The number of carboxylic acid groups (broad SMARTS) is 1. The van der Waals surface area contributed by atoms with Gasteiger partial charge in [0.05, 0.1) is 16.7 Å². The number of halogens is 1. The lowest BCUT2D eigenvalue weighted by molar-refractivity contribution is -0.135. The van der Waals surface area contributed by atoms with E-state index >= 15 is 0 Å². The number of benzene rings is 3. The Morgan fingerprint density at radius 1 is 1.05 bits per heavy atom. The maximum atomic E-state index is 13.8. The van der Waals surface area contributed by atoms with Gasteiger partial charge < -0.3 is 15.4 Å². The van der Waals surface area contributed by atoms with E-state index in [9.17, 15) is 23.1 Å². The van der Waals surface area contributed by atoms with Gasteiger partial charge >= 0.3 is 5.97 Å². The number of nitrogens with one attached hydrogen (secondary N) is 1. The second-order valence-electron chi connectivity index (χ2n) is 9.63. The molecule has 0 aliphatic rings. The second-order valence-corrected chi connectivity index (χ2v) is 11.5. The molecule has 2 aromatic heterocycles. The number of para-hydroxylation sites is 1. The van der Waals surface area contributed by atoms with Crippen LogP contribution in [-0.4, -0.2) is 47.2 Å². The molecule has 0 spiro atoms. The summed E-state index contributed by atoms with van der Waals surface area (Å²) in [4.78, 5) is 29.1. The zero-order valence-corrected chi connectivity index (χ0v) is 24.2. The molecule has 5 rings (SSSR count). The van der Waals surface area contributed by atoms with E-state index < -0.39 is 22.5 Å². The lowest BCUT2D eigenvalue weighted by Crippen LogP contribution is -2.36. The van der Waals surface area contributed by atoms with Crippen LogP contribution in [0.15, 0.2) is 90.1 Å². The molecule has 0 aliphatic carbocycles. The van der Waals surface area contributed by atoms with Crippen LogP contribution >= 0.6 is 12.4 Å². The predicted octanol–water partition coefficient (Wildman–Crippen LogP) is 4.53. The topological polar surface area (TPSA) is 159 Å². The van der Waals surface area contributed by atoms with Crippen molar-refractivity contribution < 1.29 is 23.1 Å². The van der Waals surface area contributed by atoms with Crippen LogP contribution in [0.5, 0.6) is 0 Å². The number of hydrogen-bond acceptors (Lipinski definition) is 6. The Bertz CT molecular complexity index is 1930. The normalized spacial score (nSPS) is 11.3. The minimum absolute atomic E-state index is 0. The molecule has 3 aromatic carbocycles. The van der Waals surface area contributed by atoms with Crippen LogP contribution in [0.25, 0.3) is 21.8 Å². The van der Waals surface area contributed by atoms with Crippen molar-refractivity contribution in [2.45, 2.75) is 17.7 Å². The molecule has 0 saturated heterocycles. The molecule has 0 amide bonds. The number of carboxylic acids is 1. The van der Waals surface area contributed by atoms with Crippen molar-refractivity contribution in [3.05, 3.63) is 102 Å². The van der Waals surface area contributed by atoms with Gasteiger partial charge in [0.2, 0.25) is 0 Å². The third kappa shape index (κ3) is 5.83. The number of sulfonamides is 1. The van der Waals surface area contributed by atoms with E-state index in [1.165, 1.54) is 18.3 Å². The average molecular weight is 606 g/mol. The zero-order valence-electron chi connectivity index (χ0n) is 22.5. The van der Waals surface area contributed by atoms with Gasteiger partial charge in [0.15, 0.2) is 5.78 Å². The number of pyridine rings is 1. The molecule has 12 heteroatoms. The average Bonchev–Trinajstić information content (AvgIpc) is 3.30. The highest BCUT2D eigenvalue weighted by molar-refractivity contribution is 7.93. The molecular formula is C30H28ClN5O5S. The van der Waals surface area contributed by atoms with E-state index in [-0.39, 0.29) is 46.5 Å². The number of amidine groups is 1. The van der Waals surface area contributed by atoms with Crippen LogP contribution in [0.3, 0.4) is 0 Å². The summed E-state index contributed by atoms with van der Waals surface area (Å²) in [5, 5.41) is 18.4. The summed E-state index contributed by atoms with van der Waals surface area (Å²) in [6.45, 7) is -0.796. The first-order valence-corrected chi connectivity index (χ1v) is 14.1. The van der Waals surface area contributed by atoms with Crippen molar-refractivity contribution in [3.63, 3.8) is 0 Å². The largest absolute Gasteiger partial charge is 0.480 e. The van der Waals surface area contributed by atoms with Gasteiger partial charge in [0.1, 0.15) is 17.3 Å². The number of nitrogen functional groups attached to an aromatic ring is 1. The SMILES string of the molecule is Cl.Cn1cc(C(=O)CCc2ccc(C(=N)N)cc2)c2ccc(N(CC(=O)O)S(=O)(=O)c3cccc4cccnc34)cc21. The Kier molecular flexibility index (Phi) is 8.64. The molecule has 10 nitrogen and oxygen atoms in total. The molecule has 42 heavy (non-hydrogen) atoms. The highest BCUT2D eigenvalue weighted by Gasteiger charge is 2.30. The number of anilines is 1. The minimum atomic E-state index is -4.32. The van der Waals surface area contributed by atoms with Crippen molar-refractivity contribution in [3.8, 4) is 0 Å². The van der Waals surface area contributed by atoms with E-state index in [1.807, 2.05) is 12.1 Å². The Labute approximate surface area is 248 Å². The Morgan fingerprint density at radius 2 is 1.76 bits per heavy atom. The molecule has 5 aromatic rings. The first-order chi connectivity index (χ1) is 19.6. The molecule has 4 N–H and O–H groups in total. The number of aryl methyl sites for hydroxylation is 2. The van der Waals surface area contributed by atoms with Gasteiger partial charge in [-0.1, -0.05) is 48.5 Å². The third-order valence-corrected chi connectivity index (χ3v) is 8.72. The zero-order chi connectivity index (χ0) is 29.3. The maximum absolute atomic E-state index is 13.8. The first kappa shape index (κ1) is 30.2. The number of aliphatic carboxylic acids is 1. The summed E-state index contributed by atoms with van der Waals surface area (Å²) in [6.07, 6.45) is 3.92. The van der Waals surface area contributed by atoms with E-state index in [0.29, 0.717) is 33.8 Å². The van der Waals surface area contributed by atoms with Crippen molar-refractivity contribution in [2.24, 2.45) is 12.8 Å². The number of nitrogens with two attached hydrogens (primary N) is 1. The third-order valence-electron chi connectivity index (χ3n) is 6.91. The number of hydrogen-bond donors (Lipinski definition) is 3. The summed E-state index contributed by atoms with van der Waals surface area (Å²) >= 11 is 0. The van der Waals surface area contributed by atoms with Crippen LogP contribution in [0.2, 0.25) is 0 Å². The summed E-state index contributed by atoms with van der Waals surface area (Å²) in [5.74, 6) is -1.43. The summed E-state index contributed by atoms with van der Waals surface area (Å²) in [6, 6.07) is 20.0. The van der Waals surface area contributed by atoms with E-state index in [0.717, 1.165) is 9.87 Å². The van der Waals surface area contributed by atoms with Gasteiger partial charge in [-0.15, -0.1) is 12.4 Å². The second kappa shape index (κ2) is 12.0. The molecule has 0 aliphatic heterocycles. The lowest BCUT2D eigenvalue weighted by atomic mass is 10.0. The van der Waals surface area contributed by atoms with Gasteiger partial charge in [-0.3, -0.25) is 24.3 Å². The molecule has 0 atom stereocenters. The molecule has 0 unspecified atom stereocenters. The number of Topliss-reactive ketones (excluding diaryl/α,β-unsaturated/α-hetero) is 1. The Morgan fingerprint density at radius 3 is 2.45 bits per heavy atom. The summed E-state index contributed by atoms with van der Waals surface area (Å²) in [5.41, 5.74) is 8.51. The number of rotatable bonds is 10. The number of fused-ring (bicyclic) bond motifs is 2. The maximum Gasteiger partial charge on any atom is 0.324 e. The number of carbonyl (C=O) groups is 2. The van der Waals surface area contributed by atoms with Crippen molar-refractivity contribution >= 4 is 67.5 Å². The van der Waals surface area contributed by atoms with E-state index in [2.05, 4.69) is 4.98 Å². The van der Waals surface area contributed by atoms with Crippen LogP contribution in [0, 0.1) is 5.41 Å². The van der Waals surface area contributed by atoms with Crippen LogP contribution in [0.1, 0.15) is 27.9 Å². The van der Waals surface area contributed by atoms with Crippen molar-refractivity contribution in [1.29, 1.82) is 5.41 Å². The minimum Gasteiger partial charge on any atom is -0.480 e. The van der Waals surface area contributed by atoms with E-state index in [4.69, 9.17) is 11.1 Å². The fourth-order valence-corrected chi connectivity index (χ4v) is 6.41. The van der Waals surface area contributed by atoms with Gasteiger partial charge in [-0.2, -0.15) is 0 Å². The van der Waals surface area contributed by atoms with Gasteiger partial charge in [-0.25, -0.2) is 8.42 Å². The summed E-state index contributed by atoms with van der Waals surface area (Å²) in [7, 11) is -2.58. The van der Waals surface area contributed by atoms with Gasteiger partial charge in [-0.05, 0) is 36.2 Å². The fourth-order valence-electron chi connectivity index (χ4n) is 4.83. The number of carbonyl (C=O) groups excluding carboxylic acids is 1. The molecular weight excluding hydrogens is 578 g/mol. The van der Waals surface area contributed by atoms with Crippen LogP contribution in [0.4, 0.5) is 5.69 Å². The van der Waals surface area contributed by atoms with Crippen LogP contribution < -0.4 is 10.0 Å². The number of ketones is 1. The molecule has 0 saturated carbocycles. The Hall–Kier alpha value is -4.74. The smallest absolute Gasteiger partial charge is 0.324 e. The molecule has 2 heterocycles. The highest BCUT2D eigenvalue weighted by atomic mass is 35.5. The summed E-state index contributed by atoms with van der Waals surface area (Å²) < 4.78 is 30.2. The first-order valence-electron chi connectivity index (χ1n) is 12.7. The van der Waals surface area contributed by atoms with Crippen molar-refractivity contribution in [2.75, 3.05) is 10.8 Å². The number of nitrogens with zero attached hydrogens (tertiary/aromatic N) is 3. The highest BCUT2D eigenvalue weighted by Crippen LogP contribution is 2.32. The van der Waals surface area contributed by atoms with Crippen LogP contribution in [-0.2, 0) is 28.3 Å². The Balaban J connectivity index is 0.00000405. The lowest BCUT2D eigenvalue weighted by Gasteiger charge is -2.23. The quantitative estimate of drug-likeness (QED) is 0.120. The molecule has 0 fully saturated rings. The molecule has 0 bridgehead atoms.